The maximum absolute atomic E-state index is 13.8. The van der Waals surface area contributed by atoms with E-state index < -0.39 is 16.6 Å². The van der Waals surface area contributed by atoms with Gasteiger partial charge in [-0.05, 0) is 68.8 Å². The number of methoxy groups -OCH3 is 1. The van der Waals surface area contributed by atoms with E-state index in [-0.39, 0.29) is 109 Å². The zero-order valence-electron chi connectivity index (χ0n) is 35.7. The van der Waals surface area contributed by atoms with Crippen molar-refractivity contribution < 1.29 is 56.4 Å². The van der Waals surface area contributed by atoms with E-state index in [2.05, 4.69) is 27.4 Å². The molecule has 6 bridgehead atoms. The van der Waals surface area contributed by atoms with E-state index >= 15 is 0 Å². The lowest BCUT2D eigenvalue weighted by atomic mass is 9.80. The molecular formula is C44H71NO12S. The van der Waals surface area contributed by atoms with E-state index in [0.29, 0.717) is 57.1 Å². The average molecular weight is 838 g/mol. The lowest BCUT2D eigenvalue weighted by Gasteiger charge is -2.47. The van der Waals surface area contributed by atoms with Crippen LogP contribution in [0.5, 0.6) is 0 Å². The molecule has 9 heterocycles. The van der Waals surface area contributed by atoms with E-state index in [4.69, 9.17) is 53.1 Å². The zero-order chi connectivity index (χ0) is 40.9. The molecule has 0 aromatic rings. The van der Waals surface area contributed by atoms with Crippen molar-refractivity contribution in [3.8, 4) is 0 Å². The molecule has 13 nitrogen and oxygen atoms in total. The topological polar surface area (TPSA) is 152 Å². The fraction of sp³-hybridized carbons (Fsp3) is 0.932. The Kier molecular flexibility index (Phi) is 13.6. The van der Waals surface area contributed by atoms with Gasteiger partial charge in [-0.15, -0.1) is 0 Å². The van der Waals surface area contributed by atoms with Gasteiger partial charge in [-0.1, -0.05) is 27.4 Å². The minimum atomic E-state index is -0.936. The van der Waals surface area contributed by atoms with Gasteiger partial charge in [0.15, 0.2) is 5.79 Å². The Morgan fingerprint density at radius 1 is 0.914 bits per heavy atom. The quantitative estimate of drug-likeness (QED) is 0.192. The highest BCUT2D eigenvalue weighted by atomic mass is 32.2. The first kappa shape index (κ1) is 43.8. The van der Waals surface area contributed by atoms with Gasteiger partial charge < -0.3 is 53.1 Å². The van der Waals surface area contributed by atoms with Crippen LogP contribution in [0.1, 0.15) is 105 Å². The number of rotatable bonds is 18. The van der Waals surface area contributed by atoms with Crippen LogP contribution in [0.25, 0.3) is 0 Å². The van der Waals surface area contributed by atoms with Gasteiger partial charge in [-0.25, -0.2) is 0 Å². The second kappa shape index (κ2) is 18.1. The van der Waals surface area contributed by atoms with Gasteiger partial charge in [0.2, 0.25) is 0 Å². The second-order valence-electron chi connectivity index (χ2n) is 19.6. The summed E-state index contributed by atoms with van der Waals surface area (Å²) in [5.41, 5.74) is 7.29. The molecule has 0 spiro atoms. The van der Waals surface area contributed by atoms with Crippen molar-refractivity contribution in [1.82, 2.24) is 0 Å². The van der Waals surface area contributed by atoms with E-state index in [1.165, 1.54) is 5.57 Å². The molecule has 0 aromatic carbocycles. The van der Waals surface area contributed by atoms with Crippen LogP contribution in [0.4, 0.5) is 0 Å². The molecule has 330 valence electrons. The van der Waals surface area contributed by atoms with E-state index in [0.717, 1.165) is 51.4 Å². The third-order valence-electron chi connectivity index (χ3n) is 14.9. The summed E-state index contributed by atoms with van der Waals surface area (Å²) in [5.74, 6) is 0.220. The van der Waals surface area contributed by atoms with Crippen LogP contribution in [-0.4, -0.2) is 146 Å². The van der Waals surface area contributed by atoms with Gasteiger partial charge in [-0.2, -0.15) is 0 Å². The molecule has 9 aliphatic rings. The predicted molar refractivity (Wildman–Crippen MR) is 216 cm³/mol. The number of ether oxygens (including phenoxy) is 10. The van der Waals surface area contributed by atoms with Crippen molar-refractivity contribution in [1.29, 1.82) is 0 Å². The summed E-state index contributed by atoms with van der Waals surface area (Å²) in [6.45, 7) is 14.5. The first-order valence-electron chi connectivity index (χ1n) is 22.3. The molecule has 14 heteroatoms. The van der Waals surface area contributed by atoms with Crippen LogP contribution < -0.4 is 5.73 Å². The minimum Gasteiger partial charge on any atom is -0.378 e. The zero-order valence-corrected chi connectivity index (χ0v) is 36.5. The van der Waals surface area contributed by atoms with Crippen molar-refractivity contribution in [3.05, 3.63) is 12.2 Å². The van der Waals surface area contributed by atoms with E-state index in [1.807, 2.05) is 6.92 Å². The summed E-state index contributed by atoms with van der Waals surface area (Å²) in [4.78, 5) is 13.8. The van der Waals surface area contributed by atoms with Crippen LogP contribution >= 0.6 is 0 Å². The lowest BCUT2D eigenvalue weighted by Crippen LogP contribution is -2.61. The molecule has 2 unspecified atom stereocenters. The number of Topliss-reactive ketones (excluding diaryl/α,β-unsaturated/α-hetero) is 1. The molecule has 0 aromatic heterocycles. The number of nitrogens with two attached hydrogens (primary N) is 1. The van der Waals surface area contributed by atoms with Gasteiger partial charge >= 0.3 is 0 Å². The molecule has 9 rings (SSSR count). The maximum Gasteiger partial charge on any atom is 0.172 e. The Hall–Kier alpha value is -0.880. The van der Waals surface area contributed by atoms with Gasteiger partial charge in [-0.3, -0.25) is 9.00 Å². The Morgan fingerprint density at radius 3 is 2.45 bits per heavy atom. The summed E-state index contributed by atoms with van der Waals surface area (Å²) in [6.07, 6.45) is 8.60. The molecule has 19 atom stereocenters. The van der Waals surface area contributed by atoms with Gasteiger partial charge in [0.25, 0.3) is 0 Å². The molecule has 0 radical (unpaired) electrons. The number of carbonyl (C=O) groups is 1. The monoisotopic (exact) mass is 837 g/mol. The van der Waals surface area contributed by atoms with Gasteiger partial charge in [0.05, 0.1) is 74.3 Å². The molecule has 0 saturated carbocycles. The Morgan fingerprint density at radius 2 is 1.69 bits per heavy atom. The van der Waals surface area contributed by atoms with E-state index in [1.54, 1.807) is 13.4 Å². The third-order valence-corrected chi connectivity index (χ3v) is 15.6. The maximum atomic E-state index is 13.8. The summed E-state index contributed by atoms with van der Waals surface area (Å²) < 4.78 is 76.7. The van der Waals surface area contributed by atoms with Crippen molar-refractivity contribution in [2.45, 2.75) is 202 Å². The first-order chi connectivity index (χ1) is 27.7. The lowest BCUT2D eigenvalue weighted by molar-refractivity contribution is -0.292. The molecule has 0 amide bonds. The van der Waals surface area contributed by atoms with Crippen LogP contribution in [0.2, 0.25) is 0 Å². The number of carbonyl (C=O) groups excluding carboxylic acids is 1. The van der Waals surface area contributed by atoms with Crippen molar-refractivity contribution in [2.24, 2.45) is 23.0 Å². The molecule has 58 heavy (non-hydrogen) atoms. The summed E-state index contributed by atoms with van der Waals surface area (Å²) in [5, 5.41) is 0. The largest absolute Gasteiger partial charge is 0.378 e. The summed E-state index contributed by atoms with van der Waals surface area (Å²) in [6, 6.07) is 0. The Balaban J connectivity index is 0.847. The molecular weight excluding hydrogens is 767 g/mol. The minimum absolute atomic E-state index is 0.0677. The fourth-order valence-electron chi connectivity index (χ4n) is 11.6. The number of hydrogen-bond donors (Lipinski definition) is 1. The van der Waals surface area contributed by atoms with Gasteiger partial charge in [0.1, 0.15) is 36.3 Å². The molecule has 9 fully saturated rings. The van der Waals surface area contributed by atoms with Crippen molar-refractivity contribution in [2.75, 3.05) is 38.9 Å². The number of hydrogen-bond acceptors (Lipinski definition) is 13. The van der Waals surface area contributed by atoms with E-state index in [9.17, 15) is 9.00 Å². The Labute approximate surface area is 348 Å². The third kappa shape index (κ3) is 9.25. The number of ketones is 1. The first-order valence-corrected chi connectivity index (χ1v) is 24.1. The molecule has 0 aliphatic carbocycles. The van der Waals surface area contributed by atoms with Crippen molar-refractivity contribution >= 4 is 16.6 Å². The molecule has 9 saturated heterocycles. The van der Waals surface area contributed by atoms with Crippen molar-refractivity contribution in [3.63, 3.8) is 0 Å². The Bertz CT molecular complexity index is 1480. The summed E-state index contributed by atoms with van der Waals surface area (Å²) in [7, 11) is 0.735. The van der Waals surface area contributed by atoms with Crippen LogP contribution in [0.3, 0.4) is 0 Å². The number of fused-ring (bicyclic) bond motifs is 1. The predicted octanol–water partition coefficient (Wildman–Crippen LogP) is 4.56. The van der Waals surface area contributed by atoms with Crippen LogP contribution in [0, 0.1) is 17.3 Å². The summed E-state index contributed by atoms with van der Waals surface area (Å²) >= 11 is 0. The smallest absolute Gasteiger partial charge is 0.172 e. The fourth-order valence-corrected chi connectivity index (χ4v) is 11.9. The standard InChI is InChI=1S/C44H71NO12S/c1-24-16-28(50-23-25(24)2)9-11-36-43(4,5)20-30(52-36)12-13-44-21-35-39(56-44)40-41(55-35)42(57-44)38-33(54-40)10-8-29(53-38)17-27(46)18-32-26(3)51-34(37(32)48-6)19-31(22-45)49-14-15-58(7)47/h24,26,28-42H,2,8-23,45H2,1,3-7H3/t24-,26+,28+,29-,30+,31+,32?,33+,34-,35-,36+,37-,38+,39+,40+,41+,42+,44+,58?/m1/s1. The SMILES string of the molecule is C=C1CO[C@@H](CC[C@@H]2O[C@@H](CC[C@@]34C[C@H]5O[C@@H]6[C@@H](O3)[C@H]3O[C@@H](CC(=O)CC7[C@H](C)O[C@H](C[C@@H](CN)OCCS(C)=O)[C@@H]7OC)CC[C@@H]3O[C@H]6[C@H]5O4)CC2(C)C)C[C@H]1C. The highest BCUT2D eigenvalue weighted by molar-refractivity contribution is 7.84. The highest BCUT2D eigenvalue weighted by Gasteiger charge is 2.68. The van der Waals surface area contributed by atoms with Crippen LogP contribution in [-0.2, 0) is 63.0 Å². The normalized spacial score (nSPS) is 46.3. The molecule has 2 N–H and O–H groups in total. The van der Waals surface area contributed by atoms with Crippen LogP contribution in [0.15, 0.2) is 12.2 Å². The average Bonchev–Trinajstić information content (AvgIpc) is 3.82. The molecule has 9 aliphatic heterocycles. The highest BCUT2D eigenvalue weighted by Crippen LogP contribution is 2.55. The van der Waals surface area contributed by atoms with Gasteiger partial charge in [0, 0.05) is 74.5 Å². The second-order valence-corrected chi connectivity index (χ2v) is 21.1.